The van der Waals surface area contributed by atoms with Crippen molar-refractivity contribution in [3.05, 3.63) is 35.9 Å². The predicted octanol–water partition coefficient (Wildman–Crippen LogP) is 2.28. The van der Waals surface area contributed by atoms with E-state index < -0.39 is 10.8 Å². The molecule has 3 heteroatoms. The third-order valence-electron chi connectivity index (χ3n) is 2.30. The van der Waals surface area contributed by atoms with Crippen molar-refractivity contribution < 1.29 is 9.53 Å². The number of epoxide rings is 1. The zero-order valence-electron chi connectivity index (χ0n) is 7.16. The molecule has 0 spiro atoms. The van der Waals surface area contributed by atoms with Crippen molar-refractivity contribution in [3.8, 4) is 0 Å². The summed E-state index contributed by atoms with van der Waals surface area (Å²) in [7, 11) is 0. The summed E-state index contributed by atoms with van der Waals surface area (Å²) in [5.74, 6) is 0. The molecule has 13 heavy (non-hydrogen) atoms. The van der Waals surface area contributed by atoms with E-state index in [1.807, 2.05) is 30.3 Å². The van der Waals surface area contributed by atoms with Gasteiger partial charge in [0.1, 0.15) is 6.10 Å². The van der Waals surface area contributed by atoms with E-state index >= 15 is 0 Å². The van der Waals surface area contributed by atoms with Crippen LogP contribution in [0.25, 0.3) is 0 Å². The van der Waals surface area contributed by atoms with Gasteiger partial charge in [-0.05, 0) is 24.1 Å². The molecule has 1 aromatic rings. The van der Waals surface area contributed by atoms with Crippen molar-refractivity contribution in [3.63, 3.8) is 0 Å². The molecule has 1 saturated heterocycles. The molecule has 2 rings (SSSR count). The maximum atomic E-state index is 11.0. The zero-order valence-corrected chi connectivity index (χ0v) is 7.91. The van der Waals surface area contributed by atoms with Crippen molar-refractivity contribution in [1.29, 1.82) is 0 Å². The first-order valence-corrected chi connectivity index (χ1v) is 4.45. The Morgan fingerprint density at radius 3 is 2.54 bits per heavy atom. The largest absolute Gasteiger partial charge is 0.351 e. The van der Waals surface area contributed by atoms with E-state index in [0.717, 1.165) is 5.56 Å². The van der Waals surface area contributed by atoms with Crippen molar-refractivity contribution in [2.75, 3.05) is 0 Å². The fourth-order valence-electron chi connectivity index (χ4n) is 1.37. The molecule has 1 heterocycles. The van der Waals surface area contributed by atoms with E-state index in [2.05, 4.69) is 0 Å². The van der Waals surface area contributed by atoms with E-state index in [-0.39, 0.29) is 6.10 Å². The van der Waals surface area contributed by atoms with Crippen molar-refractivity contribution in [2.24, 2.45) is 0 Å². The third kappa shape index (κ3) is 1.36. The Bertz CT molecular complexity index is 336. The smallest absolute Gasteiger partial charge is 0.256 e. The van der Waals surface area contributed by atoms with Crippen LogP contribution >= 0.6 is 11.6 Å². The Morgan fingerprint density at radius 2 is 2.08 bits per heavy atom. The highest BCUT2D eigenvalue weighted by atomic mass is 35.5. The number of halogens is 1. The summed E-state index contributed by atoms with van der Waals surface area (Å²) in [5.41, 5.74) is 0.196. The molecule has 1 aliphatic heterocycles. The van der Waals surface area contributed by atoms with E-state index in [1.165, 1.54) is 0 Å². The molecular formula is C10H9ClO2. The summed E-state index contributed by atoms with van der Waals surface area (Å²) < 4.78 is 5.27. The third-order valence-corrected chi connectivity index (χ3v) is 2.67. The Labute approximate surface area is 81.5 Å². The highest BCUT2D eigenvalue weighted by Gasteiger charge is 2.58. The van der Waals surface area contributed by atoms with Crippen molar-refractivity contribution >= 4 is 16.8 Å². The van der Waals surface area contributed by atoms with Gasteiger partial charge in [0.15, 0.2) is 5.60 Å². The Balaban J connectivity index is 2.21. The normalized spacial score (nSPS) is 31.4. The number of rotatable bonds is 2. The van der Waals surface area contributed by atoms with Gasteiger partial charge in [0, 0.05) is 0 Å². The fraction of sp³-hybridized carbons (Fsp3) is 0.300. The maximum absolute atomic E-state index is 11.0. The zero-order chi connectivity index (χ0) is 9.47. The van der Waals surface area contributed by atoms with Crippen LogP contribution in [-0.2, 0) is 9.53 Å². The molecule has 1 fully saturated rings. The molecule has 1 aliphatic rings. The van der Waals surface area contributed by atoms with Crippen LogP contribution in [0.2, 0.25) is 0 Å². The van der Waals surface area contributed by atoms with Crippen LogP contribution in [-0.4, -0.2) is 10.8 Å². The standard InChI is InChI=1S/C10H9ClO2/c1-10(9(11)12)8(13-10)7-5-3-2-4-6-7/h2-6,8H,1H3/t8-,10+/m0/s1. The topological polar surface area (TPSA) is 29.6 Å². The molecule has 0 unspecified atom stereocenters. The second kappa shape index (κ2) is 2.82. The number of benzene rings is 1. The lowest BCUT2D eigenvalue weighted by atomic mass is 10.0. The van der Waals surface area contributed by atoms with E-state index in [4.69, 9.17) is 16.3 Å². The van der Waals surface area contributed by atoms with Gasteiger partial charge in [-0.2, -0.15) is 0 Å². The summed E-state index contributed by atoms with van der Waals surface area (Å²) in [6, 6.07) is 9.60. The van der Waals surface area contributed by atoms with Gasteiger partial charge in [-0.1, -0.05) is 30.3 Å². The van der Waals surface area contributed by atoms with Crippen LogP contribution in [0.4, 0.5) is 0 Å². The molecule has 0 aromatic heterocycles. The van der Waals surface area contributed by atoms with Crippen molar-refractivity contribution in [2.45, 2.75) is 18.6 Å². The highest BCUT2D eigenvalue weighted by molar-refractivity contribution is 6.65. The molecule has 0 saturated carbocycles. The molecule has 1 aromatic carbocycles. The first kappa shape index (κ1) is 8.73. The first-order valence-electron chi connectivity index (χ1n) is 4.07. The molecule has 68 valence electrons. The molecule has 0 bridgehead atoms. The fourth-order valence-corrected chi connectivity index (χ4v) is 1.52. The summed E-state index contributed by atoms with van der Waals surface area (Å²) in [6.45, 7) is 1.71. The number of carbonyl (C=O) groups excluding carboxylic acids is 1. The van der Waals surface area contributed by atoms with Gasteiger partial charge < -0.3 is 4.74 Å². The average molecular weight is 197 g/mol. The second-order valence-corrected chi connectivity index (χ2v) is 3.63. The SMILES string of the molecule is C[C@@]1(C(=O)Cl)O[C@H]1c1ccccc1. The minimum absolute atomic E-state index is 0.168. The molecular weight excluding hydrogens is 188 g/mol. The summed E-state index contributed by atoms with van der Waals surface area (Å²) >= 11 is 5.40. The maximum Gasteiger partial charge on any atom is 0.256 e. The van der Waals surface area contributed by atoms with Crippen LogP contribution in [0.5, 0.6) is 0 Å². The van der Waals surface area contributed by atoms with Gasteiger partial charge in [0.05, 0.1) is 0 Å². The van der Waals surface area contributed by atoms with Crippen LogP contribution in [0.3, 0.4) is 0 Å². The lowest BCUT2D eigenvalue weighted by molar-refractivity contribution is -0.115. The van der Waals surface area contributed by atoms with Gasteiger partial charge in [-0.25, -0.2) is 0 Å². The molecule has 0 radical (unpaired) electrons. The first-order chi connectivity index (χ1) is 6.14. The quantitative estimate of drug-likeness (QED) is 0.537. The van der Waals surface area contributed by atoms with Crippen LogP contribution in [0.15, 0.2) is 30.3 Å². The minimum Gasteiger partial charge on any atom is -0.351 e. The van der Waals surface area contributed by atoms with Gasteiger partial charge in [0.25, 0.3) is 5.24 Å². The monoisotopic (exact) mass is 196 g/mol. The van der Waals surface area contributed by atoms with E-state index in [9.17, 15) is 4.79 Å². The highest BCUT2D eigenvalue weighted by Crippen LogP contribution is 2.50. The van der Waals surface area contributed by atoms with Crippen LogP contribution in [0.1, 0.15) is 18.6 Å². The number of ether oxygens (including phenoxy) is 1. The van der Waals surface area contributed by atoms with Crippen LogP contribution in [0, 0.1) is 0 Å². The Hall–Kier alpha value is -0.860. The van der Waals surface area contributed by atoms with Gasteiger partial charge in [0.2, 0.25) is 0 Å². The molecule has 2 atom stereocenters. The van der Waals surface area contributed by atoms with Gasteiger partial charge >= 0.3 is 0 Å². The van der Waals surface area contributed by atoms with Gasteiger partial charge in [-0.3, -0.25) is 4.79 Å². The minimum atomic E-state index is -0.803. The lowest BCUT2D eigenvalue weighted by Gasteiger charge is -1.97. The number of hydrogen-bond donors (Lipinski definition) is 0. The molecule has 0 amide bonds. The molecule has 0 aliphatic carbocycles. The Kier molecular flexibility index (Phi) is 1.90. The molecule has 0 N–H and O–H groups in total. The second-order valence-electron chi connectivity index (χ2n) is 3.29. The lowest BCUT2D eigenvalue weighted by Crippen LogP contribution is -2.15. The van der Waals surface area contributed by atoms with Crippen molar-refractivity contribution in [1.82, 2.24) is 0 Å². The number of hydrogen-bond acceptors (Lipinski definition) is 2. The summed E-state index contributed by atoms with van der Waals surface area (Å²) in [6.07, 6.45) is -0.168. The van der Waals surface area contributed by atoms with E-state index in [1.54, 1.807) is 6.92 Å². The predicted molar refractivity (Wildman–Crippen MR) is 49.5 cm³/mol. The van der Waals surface area contributed by atoms with Crippen LogP contribution < -0.4 is 0 Å². The number of carbonyl (C=O) groups is 1. The summed E-state index contributed by atoms with van der Waals surface area (Å²) in [4.78, 5) is 11.0. The molecule has 2 nitrogen and oxygen atoms in total. The van der Waals surface area contributed by atoms with E-state index in [0.29, 0.717) is 0 Å². The average Bonchev–Trinajstić information content (AvgIpc) is 2.81. The Morgan fingerprint density at radius 1 is 1.46 bits per heavy atom. The van der Waals surface area contributed by atoms with Gasteiger partial charge in [-0.15, -0.1) is 0 Å². The summed E-state index contributed by atoms with van der Waals surface area (Å²) in [5, 5.41) is -0.429.